The summed E-state index contributed by atoms with van der Waals surface area (Å²) in [4.78, 5) is 10.6. The zero-order valence-electron chi connectivity index (χ0n) is 11.3. The molecule has 0 aliphatic heterocycles. The standard InChI is InChI=1S/C15H21N3O/c1-11(17-18-15(16)19)12-7-9-14(10-8-12)13-5-3-2-4-6-13/h2-6,12,14H,7-10H2,1H3,(H3,16,18,19). The SMILES string of the molecule is CC(=NNC(N)=O)C1CCC(c2ccccc2)CC1. The van der Waals surface area contributed by atoms with Crippen LogP contribution < -0.4 is 11.2 Å². The van der Waals surface area contributed by atoms with Gasteiger partial charge in [-0.15, -0.1) is 0 Å². The van der Waals surface area contributed by atoms with E-state index in [0.717, 1.165) is 18.6 Å². The summed E-state index contributed by atoms with van der Waals surface area (Å²) in [5.74, 6) is 1.13. The molecule has 0 spiro atoms. The van der Waals surface area contributed by atoms with Crippen LogP contribution in [0.25, 0.3) is 0 Å². The number of amides is 2. The average molecular weight is 259 g/mol. The second kappa shape index (κ2) is 6.36. The van der Waals surface area contributed by atoms with Crippen molar-refractivity contribution in [2.45, 2.75) is 38.5 Å². The first kappa shape index (κ1) is 13.6. The van der Waals surface area contributed by atoms with E-state index >= 15 is 0 Å². The molecule has 3 N–H and O–H groups in total. The van der Waals surface area contributed by atoms with Gasteiger partial charge in [0.05, 0.1) is 0 Å². The first-order valence-corrected chi connectivity index (χ1v) is 6.81. The minimum absolute atomic E-state index is 0.465. The molecule has 0 atom stereocenters. The summed E-state index contributed by atoms with van der Waals surface area (Å²) in [6.45, 7) is 1.96. The van der Waals surface area contributed by atoms with Gasteiger partial charge in [0.25, 0.3) is 0 Å². The van der Waals surface area contributed by atoms with E-state index in [1.54, 1.807) is 0 Å². The van der Waals surface area contributed by atoms with Crippen LogP contribution in [0.2, 0.25) is 0 Å². The van der Waals surface area contributed by atoms with Crippen LogP contribution in [-0.2, 0) is 0 Å². The number of urea groups is 1. The molecule has 1 aromatic rings. The van der Waals surface area contributed by atoms with Crippen molar-refractivity contribution in [1.82, 2.24) is 5.43 Å². The van der Waals surface area contributed by atoms with E-state index in [2.05, 4.69) is 40.9 Å². The summed E-state index contributed by atoms with van der Waals surface area (Å²) in [7, 11) is 0. The van der Waals surface area contributed by atoms with Crippen LogP contribution in [0.1, 0.15) is 44.1 Å². The monoisotopic (exact) mass is 259 g/mol. The second-order valence-corrected chi connectivity index (χ2v) is 5.19. The molecule has 2 amide bonds. The van der Waals surface area contributed by atoms with E-state index < -0.39 is 6.03 Å². The third-order valence-electron chi connectivity index (χ3n) is 3.93. The minimum atomic E-state index is -0.600. The van der Waals surface area contributed by atoms with Gasteiger partial charge >= 0.3 is 6.03 Å². The summed E-state index contributed by atoms with van der Waals surface area (Å²) in [6, 6.07) is 10.1. The van der Waals surface area contributed by atoms with Crippen molar-refractivity contribution in [3.05, 3.63) is 35.9 Å². The third-order valence-corrected chi connectivity index (χ3v) is 3.93. The fourth-order valence-corrected chi connectivity index (χ4v) is 2.80. The summed E-state index contributed by atoms with van der Waals surface area (Å²) in [5.41, 5.74) is 9.74. The van der Waals surface area contributed by atoms with Crippen LogP contribution in [0.4, 0.5) is 4.79 Å². The zero-order valence-corrected chi connectivity index (χ0v) is 11.3. The van der Waals surface area contributed by atoms with E-state index in [9.17, 15) is 4.79 Å². The van der Waals surface area contributed by atoms with Gasteiger partial charge in [-0.1, -0.05) is 30.3 Å². The number of benzene rings is 1. The third kappa shape index (κ3) is 3.81. The van der Waals surface area contributed by atoms with Crippen LogP contribution in [-0.4, -0.2) is 11.7 Å². The number of nitrogens with two attached hydrogens (primary N) is 1. The highest BCUT2D eigenvalue weighted by Gasteiger charge is 2.23. The second-order valence-electron chi connectivity index (χ2n) is 5.19. The number of carbonyl (C=O) groups excluding carboxylic acids is 1. The number of primary amides is 1. The quantitative estimate of drug-likeness (QED) is 0.636. The molecule has 0 aromatic heterocycles. The molecule has 102 valence electrons. The van der Waals surface area contributed by atoms with Gasteiger partial charge in [-0.25, -0.2) is 10.2 Å². The molecule has 2 rings (SSSR count). The van der Waals surface area contributed by atoms with Crippen LogP contribution in [0.5, 0.6) is 0 Å². The molecule has 0 unspecified atom stereocenters. The molecule has 4 nitrogen and oxygen atoms in total. The zero-order chi connectivity index (χ0) is 13.7. The van der Waals surface area contributed by atoms with Crippen molar-refractivity contribution in [2.24, 2.45) is 16.8 Å². The summed E-state index contributed by atoms with van der Waals surface area (Å²) in [6.07, 6.45) is 4.60. The van der Waals surface area contributed by atoms with Crippen molar-refractivity contribution < 1.29 is 4.79 Å². The molecule has 1 fully saturated rings. The summed E-state index contributed by atoms with van der Waals surface area (Å²) >= 11 is 0. The maximum atomic E-state index is 10.6. The lowest BCUT2D eigenvalue weighted by molar-refractivity contribution is 0.249. The van der Waals surface area contributed by atoms with Gasteiger partial charge in [-0.05, 0) is 50.0 Å². The Morgan fingerprint density at radius 2 is 1.84 bits per heavy atom. The van der Waals surface area contributed by atoms with Crippen molar-refractivity contribution >= 4 is 11.7 Å². The van der Waals surface area contributed by atoms with Crippen LogP contribution in [0.3, 0.4) is 0 Å². The molecule has 1 aliphatic rings. The molecule has 1 aromatic carbocycles. The highest BCUT2D eigenvalue weighted by atomic mass is 16.2. The predicted molar refractivity (Wildman–Crippen MR) is 77.0 cm³/mol. The fraction of sp³-hybridized carbons (Fsp3) is 0.467. The number of carbonyl (C=O) groups is 1. The minimum Gasteiger partial charge on any atom is -0.350 e. The lowest BCUT2D eigenvalue weighted by Gasteiger charge is -2.28. The van der Waals surface area contributed by atoms with Crippen molar-refractivity contribution in [3.8, 4) is 0 Å². The first-order valence-electron chi connectivity index (χ1n) is 6.81. The normalized spacial score (nSPS) is 23.9. The van der Waals surface area contributed by atoms with Crippen LogP contribution in [0, 0.1) is 5.92 Å². The molecule has 0 heterocycles. The largest absolute Gasteiger partial charge is 0.350 e. The van der Waals surface area contributed by atoms with E-state index in [1.807, 2.05) is 6.92 Å². The van der Waals surface area contributed by atoms with Gasteiger partial charge in [-0.2, -0.15) is 5.10 Å². The Labute approximate surface area is 114 Å². The smallest absolute Gasteiger partial charge is 0.332 e. The molecule has 0 saturated heterocycles. The van der Waals surface area contributed by atoms with Gasteiger partial charge in [-0.3, -0.25) is 0 Å². The molecular weight excluding hydrogens is 238 g/mol. The Morgan fingerprint density at radius 1 is 1.21 bits per heavy atom. The van der Waals surface area contributed by atoms with E-state index in [-0.39, 0.29) is 0 Å². The lowest BCUT2D eigenvalue weighted by atomic mass is 9.77. The molecule has 1 saturated carbocycles. The number of hydrazone groups is 1. The number of hydrogen-bond acceptors (Lipinski definition) is 2. The molecule has 1 aliphatic carbocycles. The Morgan fingerprint density at radius 3 is 2.42 bits per heavy atom. The maximum absolute atomic E-state index is 10.6. The Balaban J connectivity index is 1.89. The average Bonchev–Trinajstić information content (AvgIpc) is 2.46. The molecule has 4 heteroatoms. The Bertz CT molecular complexity index is 448. The number of hydrogen-bond donors (Lipinski definition) is 2. The van der Waals surface area contributed by atoms with Gasteiger partial charge in [0.1, 0.15) is 0 Å². The van der Waals surface area contributed by atoms with Crippen LogP contribution >= 0.6 is 0 Å². The van der Waals surface area contributed by atoms with E-state index in [1.165, 1.54) is 18.4 Å². The molecular formula is C15H21N3O. The van der Waals surface area contributed by atoms with Crippen molar-refractivity contribution in [3.63, 3.8) is 0 Å². The topological polar surface area (TPSA) is 67.5 Å². The van der Waals surface area contributed by atoms with Gasteiger partial charge in [0.2, 0.25) is 0 Å². The van der Waals surface area contributed by atoms with Gasteiger partial charge < -0.3 is 5.73 Å². The maximum Gasteiger partial charge on any atom is 0.332 e. The fourth-order valence-electron chi connectivity index (χ4n) is 2.80. The Kier molecular flexibility index (Phi) is 4.55. The van der Waals surface area contributed by atoms with Gasteiger partial charge in [0, 0.05) is 5.71 Å². The van der Waals surface area contributed by atoms with Crippen molar-refractivity contribution in [2.75, 3.05) is 0 Å². The molecule has 0 radical (unpaired) electrons. The predicted octanol–water partition coefficient (Wildman–Crippen LogP) is 3.00. The van der Waals surface area contributed by atoms with E-state index in [4.69, 9.17) is 5.73 Å². The number of nitrogens with zero attached hydrogens (tertiary/aromatic N) is 1. The summed E-state index contributed by atoms with van der Waals surface area (Å²) < 4.78 is 0. The number of nitrogens with one attached hydrogen (secondary N) is 1. The van der Waals surface area contributed by atoms with Crippen LogP contribution in [0.15, 0.2) is 35.4 Å². The van der Waals surface area contributed by atoms with Gasteiger partial charge in [0.15, 0.2) is 0 Å². The number of rotatable bonds is 3. The van der Waals surface area contributed by atoms with Crippen molar-refractivity contribution in [1.29, 1.82) is 0 Å². The highest BCUT2D eigenvalue weighted by Crippen LogP contribution is 2.36. The molecule has 0 bridgehead atoms. The first-order chi connectivity index (χ1) is 9.16. The Hall–Kier alpha value is -1.84. The summed E-state index contributed by atoms with van der Waals surface area (Å²) in [5, 5.41) is 4.04. The lowest BCUT2D eigenvalue weighted by Crippen LogP contribution is -2.28. The van der Waals surface area contributed by atoms with E-state index in [0.29, 0.717) is 11.8 Å². The highest BCUT2D eigenvalue weighted by molar-refractivity contribution is 5.85. The molecule has 19 heavy (non-hydrogen) atoms.